The standard InChI is InChI=1S/C15H23ClN2O2S/c16-13-4-6-15(7-5-13)21(19,20)12-11-18-10-2-1-3-14(18)8-9-17/h4-7,14H,1-3,8-12,17H2. The van der Waals surface area contributed by atoms with Gasteiger partial charge in [-0.2, -0.15) is 0 Å². The first-order chi connectivity index (χ1) is 10.0. The van der Waals surface area contributed by atoms with Crippen LogP contribution in [0.3, 0.4) is 0 Å². The topological polar surface area (TPSA) is 63.4 Å². The molecule has 1 unspecified atom stereocenters. The van der Waals surface area contributed by atoms with E-state index in [4.69, 9.17) is 17.3 Å². The molecule has 1 heterocycles. The van der Waals surface area contributed by atoms with Gasteiger partial charge in [-0.05, 0) is 56.6 Å². The van der Waals surface area contributed by atoms with Gasteiger partial charge in [-0.25, -0.2) is 8.42 Å². The zero-order chi connectivity index (χ0) is 15.3. The van der Waals surface area contributed by atoms with E-state index in [-0.39, 0.29) is 5.75 Å². The lowest BCUT2D eigenvalue weighted by Crippen LogP contribution is -2.43. The quantitative estimate of drug-likeness (QED) is 0.869. The Kier molecular flexibility index (Phi) is 6.05. The number of hydrogen-bond acceptors (Lipinski definition) is 4. The third-order valence-corrected chi connectivity index (χ3v) is 6.03. The minimum Gasteiger partial charge on any atom is -0.330 e. The lowest BCUT2D eigenvalue weighted by Gasteiger charge is -2.35. The number of nitrogens with zero attached hydrogens (tertiary/aromatic N) is 1. The van der Waals surface area contributed by atoms with E-state index in [1.165, 1.54) is 6.42 Å². The first-order valence-electron chi connectivity index (χ1n) is 7.45. The fraction of sp³-hybridized carbons (Fsp3) is 0.600. The van der Waals surface area contributed by atoms with Crippen molar-refractivity contribution in [1.29, 1.82) is 0 Å². The molecule has 118 valence electrons. The summed E-state index contributed by atoms with van der Waals surface area (Å²) in [5.74, 6) is 0.149. The van der Waals surface area contributed by atoms with Crippen LogP contribution in [0.1, 0.15) is 25.7 Å². The molecule has 2 N–H and O–H groups in total. The van der Waals surface area contributed by atoms with E-state index in [9.17, 15) is 8.42 Å². The van der Waals surface area contributed by atoms with Gasteiger partial charge in [-0.3, -0.25) is 4.90 Å². The molecule has 0 aliphatic carbocycles. The van der Waals surface area contributed by atoms with Crippen molar-refractivity contribution in [3.63, 3.8) is 0 Å². The molecule has 4 nitrogen and oxygen atoms in total. The second kappa shape index (κ2) is 7.58. The van der Waals surface area contributed by atoms with Crippen molar-refractivity contribution in [2.75, 3.05) is 25.4 Å². The molecule has 6 heteroatoms. The molecule has 1 aliphatic rings. The molecular weight excluding hydrogens is 308 g/mol. The van der Waals surface area contributed by atoms with Crippen molar-refractivity contribution in [3.05, 3.63) is 29.3 Å². The van der Waals surface area contributed by atoms with E-state index in [0.29, 0.717) is 29.0 Å². The van der Waals surface area contributed by atoms with Crippen LogP contribution in [0.15, 0.2) is 29.2 Å². The van der Waals surface area contributed by atoms with Crippen molar-refractivity contribution in [2.24, 2.45) is 5.73 Å². The Hall–Kier alpha value is -0.620. The second-order valence-corrected chi connectivity index (χ2v) is 8.08. The molecule has 0 saturated carbocycles. The van der Waals surface area contributed by atoms with E-state index in [1.807, 2.05) is 0 Å². The highest BCUT2D eigenvalue weighted by Gasteiger charge is 2.24. The highest BCUT2D eigenvalue weighted by Crippen LogP contribution is 2.20. The van der Waals surface area contributed by atoms with E-state index in [0.717, 1.165) is 25.8 Å². The van der Waals surface area contributed by atoms with Crippen LogP contribution in [0.25, 0.3) is 0 Å². The minimum atomic E-state index is -3.25. The van der Waals surface area contributed by atoms with E-state index < -0.39 is 9.84 Å². The molecule has 1 fully saturated rings. The molecule has 21 heavy (non-hydrogen) atoms. The van der Waals surface area contributed by atoms with Crippen molar-refractivity contribution < 1.29 is 8.42 Å². The Morgan fingerprint density at radius 3 is 2.62 bits per heavy atom. The first kappa shape index (κ1) is 16.7. The fourth-order valence-electron chi connectivity index (χ4n) is 2.87. The van der Waals surface area contributed by atoms with E-state index >= 15 is 0 Å². The van der Waals surface area contributed by atoms with Crippen LogP contribution < -0.4 is 5.73 Å². The van der Waals surface area contributed by atoms with Crippen LogP contribution in [-0.4, -0.2) is 44.7 Å². The minimum absolute atomic E-state index is 0.149. The summed E-state index contributed by atoms with van der Waals surface area (Å²) in [6.07, 6.45) is 4.42. The van der Waals surface area contributed by atoms with Crippen LogP contribution >= 0.6 is 11.6 Å². The summed E-state index contributed by atoms with van der Waals surface area (Å²) >= 11 is 5.80. The van der Waals surface area contributed by atoms with Gasteiger partial charge < -0.3 is 5.73 Å². The van der Waals surface area contributed by atoms with Gasteiger partial charge in [-0.1, -0.05) is 18.0 Å². The zero-order valence-corrected chi connectivity index (χ0v) is 13.7. The number of nitrogens with two attached hydrogens (primary N) is 1. The molecule has 0 spiro atoms. The van der Waals surface area contributed by atoms with Gasteiger partial charge in [0, 0.05) is 17.6 Å². The number of likely N-dealkylation sites (tertiary alicyclic amines) is 1. The van der Waals surface area contributed by atoms with Gasteiger partial charge in [0.25, 0.3) is 0 Å². The third kappa shape index (κ3) is 4.68. The van der Waals surface area contributed by atoms with Crippen molar-refractivity contribution in [3.8, 4) is 0 Å². The molecular formula is C15H23ClN2O2S. The maximum atomic E-state index is 12.4. The smallest absolute Gasteiger partial charge is 0.179 e. The normalized spacial score (nSPS) is 20.6. The van der Waals surface area contributed by atoms with Crippen LogP contribution in [0.5, 0.6) is 0 Å². The largest absolute Gasteiger partial charge is 0.330 e. The summed E-state index contributed by atoms with van der Waals surface area (Å²) in [6.45, 7) is 2.21. The monoisotopic (exact) mass is 330 g/mol. The maximum absolute atomic E-state index is 12.4. The number of piperidine rings is 1. The predicted molar refractivity (Wildman–Crippen MR) is 86.4 cm³/mol. The molecule has 1 aromatic carbocycles. The highest BCUT2D eigenvalue weighted by atomic mass is 35.5. The van der Waals surface area contributed by atoms with Crippen molar-refractivity contribution in [1.82, 2.24) is 4.90 Å². The lowest BCUT2D eigenvalue weighted by atomic mass is 9.99. The van der Waals surface area contributed by atoms with Crippen molar-refractivity contribution >= 4 is 21.4 Å². The van der Waals surface area contributed by atoms with Gasteiger partial charge in [0.15, 0.2) is 9.84 Å². The Bertz CT molecular complexity index is 543. The van der Waals surface area contributed by atoms with Crippen LogP contribution in [0.2, 0.25) is 5.02 Å². The van der Waals surface area contributed by atoms with Gasteiger partial charge in [-0.15, -0.1) is 0 Å². The summed E-state index contributed by atoms with van der Waals surface area (Å²) in [5, 5.41) is 0.549. The highest BCUT2D eigenvalue weighted by molar-refractivity contribution is 7.91. The summed E-state index contributed by atoms with van der Waals surface area (Å²) in [4.78, 5) is 2.63. The first-order valence-corrected chi connectivity index (χ1v) is 9.48. The SMILES string of the molecule is NCCC1CCCCN1CCS(=O)(=O)c1ccc(Cl)cc1. The fourth-order valence-corrected chi connectivity index (χ4v) is 4.26. The Balaban J connectivity index is 1.98. The molecule has 0 bridgehead atoms. The van der Waals surface area contributed by atoms with Gasteiger partial charge in [0.2, 0.25) is 0 Å². The number of hydrogen-bond donors (Lipinski definition) is 1. The summed E-state index contributed by atoms with van der Waals surface area (Å²) in [5.41, 5.74) is 5.65. The van der Waals surface area contributed by atoms with Crippen molar-refractivity contribution in [2.45, 2.75) is 36.6 Å². The number of halogens is 1. The third-order valence-electron chi connectivity index (χ3n) is 4.07. The Labute approximate surface area is 132 Å². The van der Waals surface area contributed by atoms with Crippen LogP contribution in [0.4, 0.5) is 0 Å². The number of sulfone groups is 1. The molecule has 1 atom stereocenters. The Morgan fingerprint density at radius 1 is 1.24 bits per heavy atom. The molecule has 0 aromatic heterocycles. The van der Waals surface area contributed by atoms with E-state index in [1.54, 1.807) is 24.3 Å². The van der Waals surface area contributed by atoms with Crippen LogP contribution in [0, 0.1) is 0 Å². The lowest BCUT2D eigenvalue weighted by molar-refractivity contribution is 0.151. The molecule has 0 radical (unpaired) electrons. The Morgan fingerprint density at radius 2 is 1.95 bits per heavy atom. The molecule has 1 aromatic rings. The predicted octanol–water partition coefficient (Wildman–Crippen LogP) is 2.32. The average Bonchev–Trinajstić information content (AvgIpc) is 2.47. The van der Waals surface area contributed by atoms with Gasteiger partial charge in [0.1, 0.15) is 0 Å². The van der Waals surface area contributed by atoms with Gasteiger partial charge in [0.05, 0.1) is 10.6 Å². The zero-order valence-electron chi connectivity index (χ0n) is 12.2. The molecule has 0 amide bonds. The molecule has 2 rings (SSSR count). The molecule has 1 saturated heterocycles. The number of benzene rings is 1. The summed E-state index contributed by atoms with van der Waals surface area (Å²) < 4.78 is 24.7. The second-order valence-electron chi connectivity index (χ2n) is 5.54. The van der Waals surface area contributed by atoms with Gasteiger partial charge >= 0.3 is 0 Å². The van der Waals surface area contributed by atoms with E-state index in [2.05, 4.69) is 4.90 Å². The maximum Gasteiger partial charge on any atom is 0.179 e. The number of rotatable bonds is 6. The summed E-state index contributed by atoms with van der Waals surface area (Å²) in [7, 11) is -3.25. The average molecular weight is 331 g/mol. The van der Waals surface area contributed by atoms with Crippen LogP contribution in [-0.2, 0) is 9.84 Å². The molecule has 1 aliphatic heterocycles. The summed E-state index contributed by atoms with van der Waals surface area (Å²) in [6, 6.07) is 6.82.